The Morgan fingerprint density at radius 1 is 1.88 bits per heavy atom. The molecule has 0 amide bonds. The van der Waals surface area contributed by atoms with Gasteiger partial charge in [-0.2, -0.15) is 0 Å². The van der Waals surface area contributed by atoms with Crippen molar-refractivity contribution >= 4 is 5.82 Å². The average molecular weight is 112 g/mol. The molecule has 0 radical (unpaired) electrons. The van der Waals surface area contributed by atoms with E-state index in [1.54, 1.807) is 0 Å². The molecule has 0 aliphatic carbocycles. The van der Waals surface area contributed by atoms with Gasteiger partial charge in [0.25, 0.3) is 0 Å². The third-order valence-corrected chi connectivity index (χ3v) is 0.681. The molecule has 0 bridgehead atoms. The van der Waals surface area contributed by atoms with Gasteiger partial charge in [0.2, 0.25) is 5.82 Å². The summed E-state index contributed by atoms with van der Waals surface area (Å²) < 4.78 is 1.16. The molecule has 0 saturated carbocycles. The van der Waals surface area contributed by atoms with Crippen LogP contribution in [0.2, 0.25) is 0 Å². The van der Waals surface area contributed by atoms with Gasteiger partial charge in [-0.1, -0.05) is 0 Å². The Bertz CT molecular complexity index is 193. The maximum Gasteiger partial charge on any atom is 0.216 e. The van der Waals surface area contributed by atoms with E-state index in [9.17, 15) is 4.91 Å². The Morgan fingerprint density at radius 2 is 2.62 bits per heavy atom. The summed E-state index contributed by atoms with van der Waals surface area (Å²) in [6.07, 6.45) is 2.63. The second-order valence-electron chi connectivity index (χ2n) is 1.27. The minimum absolute atomic E-state index is 0.104. The summed E-state index contributed by atoms with van der Waals surface area (Å²) >= 11 is 0. The molecule has 1 rings (SSSR count). The van der Waals surface area contributed by atoms with Crippen molar-refractivity contribution in [1.82, 2.24) is 9.66 Å². The lowest BCUT2D eigenvalue weighted by Gasteiger charge is -1.79. The molecule has 0 fully saturated rings. The van der Waals surface area contributed by atoms with E-state index in [1.807, 2.05) is 0 Å². The molecule has 1 aromatic rings. The van der Waals surface area contributed by atoms with Gasteiger partial charge in [0.05, 0.1) is 6.20 Å². The van der Waals surface area contributed by atoms with Crippen LogP contribution in [0, 0.1) is 4.91 Å². The van der Waals surface area contributed by atoms with Crippen LogP contribution in [0.4, 0.5) is 5.82 Å². The molecule has 1 aromatic heterocycles. The van der Waals surface area contributed by atoms with Crippen molar-refractivity contribution < 1.29 is 0 Å². The molecule has 5 heteroatoms. The van der Waals surface area contributed by atoms with Gasteiger partial charge in [-0.15, -0.1) is 4.91 Å². The number of nitroso groups, excluding NO2 is 1. The van der Waals surface area contributed by atoms with Gasteiger partial charge in [0.1, 0.15) is 6.33 Å². The maximum atomic E-state index is 9.64. The minimum atomic E-state index is 0.104. The Hall–Kier alpha value is -1.39. The molecule has 0 saturated heterocycles. The summed E-state index contributed by atoms with van der Waals surface area (Å²) in [5, 5.41) is 2.53. The summed E-state index contributed by atoms with van der Waals surface area (Å²) in [6, 6.07) is 0. The van der Waals surface area contributed by atoms with Gasteiger partial charge in [-0.05, 0) is 5.18 Å². The van der Waals surface area contributed by atoms with Gasteiger partial charge in [0, 0.05) is 0 Å². The summed E-state index contributed by atoms with van der Waals surface area (Å²) in [5.74, 6) is 5.21. The summed E-state index contributed by atoms with van der Waals surface area (Å²) in [4.78, 5) is 13.1. The van der Waals surface area contributed by atoms with Crippen LogP contribution in [0.1, 0.15) is 0 Å². The maximum absolute atomic E-state index is 9.64. The van der Waals surface area contributed by atoms with Crippen LogP contribution in [0.15, 0.2) is 17.7 Å². The number of hydrogen-bond acceptors (Lipinski definition) is 4. The molecule has 1 heterocycles. The van der Waals surface area contributed by atoms with Crippen LogP contribution in [-0.2, 0) is 0 Å². The molecule has 5 nitrogen and oxygen atoms in total. The van der Waals surface area contributed by atoms with Gasteiger partial charge in [-0.25, -0.2) is 4.98 Å². The zero-order valence-electron chi connectivity index (χ0n) is 3.98. The molecular weight excluding hydrogens is 108 g/mol. The fourth-order valence-corrected chi connectivity index (χ4v) is 0.373. The Labute approximate surface area is 45.1 Å². The van der Waals surface area contributed by atoms with Crippen molar-refractivity contribution in [3.63, 3.8) is 0 Å². The van der Waals surface area contributed by atoms with E-state index in [0.717, 1.165) is 4.68 Å². The third kappa shape index (κ3) is 0.651. The quantitative estimate of drug-likeness (QED) is 0.410. The largest absolute Gasteiger partial charge is 0.338 e. The van der Waals surface area contributed by atoms with E-state index in [2.05, 4.69) is 10.2 Å². The lowest BCUT2D eigenvalue weighted by atomic mass is 10.8. The zero-order chi connectivity index (χ0) is 5.98. The van der Waals surface area contributed by atoms with Crippen molar-refractivity contribution in [1.29, 1.82) is 0 Å². The lowest BCUT2D eigenvalue weighted by Crippen LogP contribution is -2.02. The van der Waals surface area contributed by atoms with Crippen LogP contribution < -0.4 is 5.84 Å². The van der Waals surface area contributed by atoms with E-state index in [0.29, 0.717) is 0 Å². The Kier molecular flexibility index (Phi) is 0.957. The second-order valence-corrected chi connectivity index (χ2v) is 1.27. The monoisotopic (exact) mass is 112 g/mol. The summed E-state index contributed by atoms with van der Waals surface area (Å²) in [7, 11) is 0. The highest BCUT2D eigenvalue weighted by Gasteiger charge is 1.90. The number of nitrogens with two attached hydrogens (primary N) is 1. The molecule has 0 aromatic carbocycles. The van der Waals surface area contributed by atoms with Gasteiger partial charge in [-0.3, -0.25) is 4.68 Å². The first kappa shape index (κ1) is 4.76. The first-order chi connectivity index (χ1) is 3.83. The first-order valence-corrected chi connectivity index (χ1v) is 1.95. The highest BCUT2D eigenvalue weighted by molar-refractivity contribution is 5.20. The number of aromatic nitrogens is 2. The van der Waals surface area contributed by atoms with Crippen molar-refractivity contribution in [2.45, 2.75) is 0 Å². The average Bonchev–Trinajstić information content (AvgIpc) is 2.14. The smallest absolute Gasteiger partial charge is 0.216 e. The molecular formula is C3H4N4O. The molecule has 0 aliphatic rings. The molecule has 0 atom stereocenters. The predicted octanol–water partition coefficient (Wildman–Crippen LogP) is -0.00520. The second kappa shape index (κ2) is 1.61. The lowest BCUT2D eigenvalue weighted by molar-refractivity contribution is 1.00. The van der Waals surface area contributed by atoms with Crippen molar-refractivity contribution in [2.75, 3.05) is 5.84 Å². The van der Waals surface area contributed by atoms with E-state index in [4.69, 9.17) is 5.84 Å². The van der Waals surface area contributed by atoms with E-state index < -0.39 is 0 Å². The van der Waals surface area contributed by atoms with Crippen molar-refractivity contribution in [3.8, 4) is 0 Å². The van der Waals surface area contributed by atoms with Gasteiger partial charge < -0.3 is 5.84 Å². The molecule has 0 spiro atoms. The standard InChI is InChI=1S/C3H4N4O/c4-7-1-3(6-8)5-2-7/h1-2H,4H2. The fraction of sp³-hybridized carbons (Fsp3) is 0. The molecule has 0 unspecified atom stereocenters. The normalized spacial score (nSPS) is 9.00. The van der Waals surface area contributed by atoms with Crippen LogP contribution in [0.5, 0.6) is 0 Å². The number of imidazole rings is 1. The zero-order valence-corrected chi connectivity index (χ0v) is 3.98. The molecule has 2 N–H and O–H groups in total. The fourth-order valence-electron chi connectivity index (χ4n) is 0.373. The number of hydrogen-bond donors (Lipinski definition) is 1. The Morgan fingerprint density at radius 3 is 2.88 bits per heavy atom. The van der Waals surface area contributed by atoms with Crippen LogP contribution >= 0.6 is 0 Å². The molecule has 8 heavy (non-hydrogen) atoms. The minimum Gasteiger partial charge on any atom is -0.338 e. The number of nitrogen functional groups attached to an aromatic ring is 1. The van der Waals surface area contributed by atoms with E-state index >= 15 is 0 Å². The molecule has 42 valence electrons. The van der Waals surface area contributed by atoms with Crippen molar-refractivity contribution in [3.05, 3.63) is 17.4 Å². The third-order valence-electron chi connectivity index (χ3n) is 0.681. The van der Waals surface area contributed by atoms with Crippen LogP contribution in [-0.4, -0.2) is 9.66 Å². The number of nitrogens with zero attached hydrogens (tertiary/aromatic N) is 3. The van der Waals surface area contributed by atoms with Crippen LogP contribution in [0.3, 0.4) is 0 Å². The SMILES string of the molecule is Nn1cnc(N=O)c1. The predicted molar refractivity (Wildman–Crippen MR) is 27.8 cm³/mol. The Balaban J connectivity index is 3.00. The first-order valence-electron chi connectivity index (χ1n) is 1.95. The van der Waals surface area contributed by atoms with E-state index in [1.165, 1.54) is 12.5 Å². The summed E-state index contributed by atoms with van der Waals surface area (Å²) in [6.45, 7) is 0. The number of rotatable bonds is 1. The highest BCUT2D eigenvalue weighted by atomic mass is 16.3. The van der Waals surface area contributed by atoms with Gasteiger partial charge in [0.15, 0.2) is 0 Å². The molecule has 0 aliphatic heterocycles. The van der Waals surface area contributed by atoms with E-state index in [-0.39, 0.29) is 5.82 Å². The topological polar surface area (TPSA) is 73.3 Å². The highest BCUT2D eigenvalue weighted by Crippen LogP contribution is 2.01. The summed E-state index contributed by atoms with van der Waals surface area (Å²) in [5.41, 5.74) is 0. The van der Waals surface area contributed by atoms with Crippen molar-refractivity contribution in [2.24, 2.45) is 5.18 Å². The van der Waals surface area contributed by atoms with Gasteiger partial charge >= 0.3 is 0 Å². The van der Waals surface area contributed by atoms with Crippen LogP contribution in [0.25, 0.3) is 0 Å².